The summed E-state index contributed by atoms with van der Waals surface area (Å²) >= 11 is 1.11. The number of nitrogens with one attached hydrogen (secondary N) is 2. The van der Waals surface area contributed by atoms with Gasteiger partial charge in [0.15, 0.2) is 0 Å². The fraction of sp³-hybridized carbons (Fsp3) is 0.227. The standard InChI is InChI=1S/C22H20FN3O2S/c1-13-7-14(2)9-17(8-13)25-21(28)12-29-22-19(11-24)18(10-20(27)26-22)15-3-5-16(23)6-4-15/h3-9,18H,10,12H2,1-2H3,(H,25,28)(H,26,27)/t18-/m0/s1. The van der Waals surface area contributed by atoms with Crippen LogP contribution in [-0.2, 0) is 9.59 Å². The molecule has 2 aromatic carbocycles. The minimum atomic E-state index is -0.459. The first-order chi connectivity index (χ1) is 13.9. The van der Waals surface area contributed by atoms with Crippen LogP contribution in [0.3, 0.4) is 0 Å². The van der Waals surface area contributed by atoms with Gasteiger partial charge in [-0.3, -0.25) is 9.59 Å². The zero-order valence-corrected chi connectivity index (χ0v) is 16.9. The molecule has 0 saturated carbocycles. The first-order valence-corrected chi connectivity index (χ1v) is 10.0. The molecule has 1 heterocycles. The Morgan fingerprint density at radius 1 is 1.24 bits per heavy atom. The monoisotopic (exact) mass is 409 g/mol. The van der Waals surface area contributed by atoms with Crippen LogP contribution in [0.1, 0.15) is 29.0 Å². The molecule has 7 heteroatoms. The highest BCUT2D eigenvalue weighted by molar-refractivity contribution is 8.03. The lowest BCUT2D eigenvalue weighted by Gasteiger charge is -2.25. The summed E-state index contributed by atoms with van der Waals surface area (Å²) in [5.41, 5.74) is 3.86. The number of benzene rings is 2. The maximum absolute atomic E-state index is 13.2. The Balaban J connectivity index is 1.75. The molecule has 0 radical (unpaired) electrons. The Morgan fingerprint density at radius 2 is 1.90 bits per heavy atom. The van der Waals surface area contributed by atoms with Gasteiger partial charge in [0.2, 0.25) is 11.8 Å². The van der Waals surface area contributed by atoms with Crippen molar-refractivity contribution in [3.63, 3.8) is 0 Å². The van der Waals surface area contributed by atoms with Crippen LogP contribution in [0.2, 0.25) is 0 Å². The lowest BCUT2D eigenvalue weighted by atomic mass is 9.87. The van der Waals surface area contributed by atoms with Crippen molar-refractivity contribution in [1.82, 2.24) is 5.32 Å². The van der Waals surface area contributed by atoms with Crippen molar-refractivity contribution in [3.05, 3.63) is 75.6 Å². The molecule has 0 unspecified atom stereocenters. The summed E-state index contributed by atoms with van der Waals surface area (Å²) in [6.07, 6.45) is 0.105. The second-order valence-electron chi connectivity index (χ2n) is 6.92. The summed E-state index contributed by atoms with van der Waals surface area (Å²) in [5, 5.41) is 15.5. The van der Waals surface area contributed by atoms with Crippen LogP contribution in [0.5, 0.6) is 0 Å². The number of thioether (sulfide) groups is 1. The third-order valence-corrected chi connectivity index (χ3v) is 5.50. The number of amides is 2. The highest BCUT2D eigenvalue weighted by Gasteiger charge is 2.29. The van der Waals surface area contributed by atoms with Crippen molar-refractivity contribution < 1.29 is 14.0 Å². The van der Waals surface area contributed by atoms with E-state index in [1.807, 2.05) is 32.0 Å². The Labute approximate surface area is 173 Å². The van der Waals surface area contributed by atoms with Crippen LogP contribution in [0.25, 0.3) is 0 Å². The molecule has 148 valence electrons. The molecular formula is C22H20FN3O2S. The topological polar surface area (TPSA) is 82.0 Å². The van der Waals surface area contributed by atoms with Gasteiger partial charge >= 0.3 is 0 Å². The van der Waals surface area contributed by atoms with Gasteiger partial charge in [-0.25, -0.2) is 4.39 Å². The predicted molar refractivity (Wildman–Crippen MR) is 112 cm³/mol. The summed E-state index contributed by atoms with van der Waals surface area (Å²) in [4.78, 5) is 24.5. The molecule has 0 saturated heterocycles. The Bertz CT molecular complexity index is 1010. The molecule has 2 amide bonds. The van der Waals surface area contributed by atoms with Crippen LogP contribution >= 0.6 is 11.8 Å². The summed E-state index contributed by atoms with van der Waals surface area (Å²) in [6.45, 7) is 3.91. The third-order valence-electron chi connectivity index (χ3n) is 4.48. The minimum absolute atomic E-state index is 0.0456. The highest BCUT2D eigenvalue weighted by atomic mass is 32.2. The van der Waals surface area contributed by atoms with Crippen molar-refractivity contribution in [1.29, 1.82) is 5.26 Å². The molecule has 2 aromatic rings. The number of halogens is 1. The van der Waals surface area contributed by atoms with Crippen molar-refractivity contribution in [2.24, 2.45) is 0 Å². The highest BCUT2D eigenvalue weighted by Crippen LogP contribution is 2.36. The molecule has 5 nitrogen and oxygen atoms in total. The van der Waals surface area contributed by atoms with E-state index in [1.165, 1.54) is 12.1 Å². The number of nitrogens with zero attached hydrogens (tertiary/aromatic N) is 1. The SMILES string of the molecule is Cc1cc(C)cc(NC(=O)CSC2=C(C#N)[C@H](c3ccc(F)cc3)CC(=O)N2)c1. The molecule has 0 fully saturated rings. The molecule has 0 aliphatic carbocycles. The largest absolute Gasteiger partial charge is 0.325 e. The van der Waals surface area contributed by atoms with Gasteiger partial charge in [0.25, 0.3) is 0 Å². The van der Waals surface area contributed by atoms with Gasteiger partial charge < -0.3 is 10.6 Å². The average molecular weight is 409 g/mol. The molecule has 3 rings (SSSR count). The van der Waals surface area contributed by atoms with Crippen molar-refractivity contribution in [3.8, 4) is 6.07 Å². The molecule has 1 aliphatic heterocycles. The zero-order valence-electron chi connectivity index (χ0n) is 16.1. The Kier molecular flexibility index (Phi) is 6.35. The second-order valence-corrected chi connectivity index (χ2v) is 7.91. The molecule has 1 atom stereocenters. The molecule has 0 spiro atoms. The van der Waals surface area contributed by atoms with Crippen LogP contribution in [0.4, 0.5) is 10.1 Å². The van der Waals surface area contributed by atoms with Gasteiger partial charge in [0.05, 0.1) is 22.4 Å². The van der Waals surface area contributed by atoms with E-state index in [2.05, 4.69) is 16.7 Å². The van der Waals surface area contributed by atoms with Crippen molar-refractivity contribution in [2.45, 2.75) is 26.2 Å². The van der Waals surface area contributed by atoms with Crippen LogP contribution < -0.4 is 10.6 Å². The maximum atomic E-state index is 13.2. The van der Waals surface area contributed by atoms with E-state index in [0.29, 0.717) is 21.9 Å². The van der Waals surface area contributed by atoms with E-state index in [1.54, 1.807) is 12.1 Å². The number of hydrogen-bond donors (Lipinski definition) is 2. The number of hydrogen-bond acceptors (Lipinski definition) is 4. The van der Waals surface area contributed by atoms with Crippen molar-refractivity contribution in [2.75, 3.05) is 11.1 Å². The maximum Gasteiger partial charge on any atom is 0.234 e. The first-order valence-electron chi connectivity index (χ1n) is 9.06. The number of carbonyl (C=O) groups is 2. The van der Waals surface area contributed by atoms with E-state index in [4.69, 9.17) is 0 Å². The fourth-order valence-electron chi connectivity index (χ4n) is 3.29. The summed E-state index contributed by atoms with van der Waals surface area (Å²) in [5.74, 6) is -1.27. The second kappa shape index (κ2) is 8.93. The van der Waals surface area contributed by atoms with Gasteiger partial charge in [-0.2, -0.15) is 5.26 Å². The van der Waals surface area contributed by atoms with Gasteiger partial charge in [-0.05, 0) is 54.8 Å². The number of anilines is 1. The molecule has 0 bridgehead atoms. The van der Waals surface area contributed by atoms with Crippen LogP contribution in [0.15, 0.2) is 53.1 Å². The number of rotatable bonds is 5. The van der Waals surface area contributed by atoms with E-state index >= 15 is 0 Å². The zero-order chi connectivity index (χ0) is 21.0. The average Bonchev–Trinajstić information content (AvgIpc) is 2.65. The fourth-order valence-corrected chi connectivity index (χ4v) is 4.17. The van der Waals surface area contributed by atoms with E-state index < -0.39 is 5.92 Å². The first kappa shape index (κ1) is 20.6. The van der Waals surface area contributed by atoms with Gasteiger partial charge in [0.1, 0.15) is 5.82 Å². The number of allylic oxidation sites excluding steroid dienone is 1. The van der Waals surface area contributed by atoms with E-state index in [-0.39, 0.29) is 29.8 Å². The minimum Gasteiger partial charge on any atom is -0.325 e. The number of carbonyl (C=O) groups excluding carboxylic acids is 2. The van der Waals surface area contributed by atoms with E-state index in [0.717, 1.165) is 22.9 Å². The van der Waals surface area contributed by atoms with Gasteiger partial charge in [0, 0.05) is 18.0 Å². The molecule has 0 aromatic heterocycles. The Hall–Kier alpha value is -3.11. The molecule has 2 N–H and O–H groups in total. The molecular weight excluding hydrogens is 389 g/mol. The molecule has 29 heavy (non-hydrogen) atoms. The quantitative estimate of drug-likeness (QED) is 0.777. The van der Waals surface area contributed by atoms with Crippen LogP contribution in [0, 0.1) is 31.0 Å². The van der Waals surface area contributed by atoms with Crippen LogP contribution in [-0.4, -0.2) is 17.6 Å². The Morgan fingerprint density at radius 3 is 2.52 bits per heavy atom. The summed E-state index contributed by atoms with van der Waals surface area (Å²) in [7, 11) is 0. The van der Waals surface area contributed by atoms with E-state index in [9.17, 15) is 19.2 Å². The van der Waals surface area contributed by atoms with Gasteiger partial charge in [-0.15, -0.1) is 0 Å². The summed E-state index contributed by atoms with van der Waals surface area (Å²) < 4.78 is 13.2. The normalized spacial score (nSPS) is 16.2. The number of nitriles is 1. The number of aryl methyl sites for hydroxylation is 2. The lowest BCUT2D eigenvalue weighted by molar-refractivity contribution is -0.121. The molecule has 1 aliphatic rings. The smallest absolute Gasteiger partial charge is 0.234 e. The predicted octanol–water partition coefficient (Wildman–Crippen LogP) is 4.15. The third kappa shape index (κ3) is 5.24. The van der Waals surface area contributed by atoms with Gasteiger partial charge in [-0.1, -0.05) is 30.0 Å². The summed E-state index contributed by atoms with van der Waals surface area (Å²) in [6, 6.07) is 13.7. The van der Waals surface area contributed by atoms with Crippen molar-refractivity contribution >= 4 is 29.3 Å². The lowest BCUT2D eigenvalue weighted by Crippen LogP contribution is -2.31.